The Balaban J connectivity index is 2.02. The van der Waals surface area contributed by atoms with E-state index in [0.29, 0.717) is 0 Å². The fraction of sp³-hybridized carbons (Fsp3) is 0.310. The summed E-state index contributed by atoms with van der Waals surface area (Å²) in [5.74, 6) is -1.47. The van der Waals surface area contributed by atoms with Crippen LogP contribution in [0.15, 0.2) is 82.2 Å². The number of carbonyl (C=O) groups is 2. The minimum Gasteiger partial charge on any atom is -0.352 e. The molecule has 0 saturated heterocycles. The monoisotopic (exact) mass is 617 g/mol. The Morgan fingerprint density at radius 1 is 1.00 bits per heavy atom. The summed E-state index contributed by atoms with van der Waals surface area (Å²) in [6, 6.07) is 17.5. The first-order valence-electron chi connectivity index (χ1n) is 12.6. The number of hydrogen-bond donors (Lipinski definition) is 1. The van der Waals surface area contributed by atoms with Crippen LogP contribution in [0, 0.1) is 12.7 Å². The van der Waals surface area contributed by atoms with Gasteiger partial charge in [-0.25, -0.2) is 12.8 Å². The maximum atomic E-state index is 13.9. The van der Waals surface area contributed by atoms with Gasteiger partial charge in [-0.05, 0) is 81.3 Å². The van der Waals surface area contributed by atoms with Gasteiger partial charge in [-0.3, -0.25) is 13.9 Å². The molecule has 3 rings (SSSR count). The van der Waals surface area contributed by atoms with Crippen LogP contribution < -0.4 is 9.62 Å². The Labute approximate surface area is 238 Å². The number of hydrogen-bond acceptors (Lipinski definition) is 4. The van der Waals surface area contributed by atoms with Gasteiger partial charge in [-0.1, -0.05) is 52.7 Å². The van der Waals surface area contributed by atoms with E-state index < -0.39 is 34.3 Å². The molecular weight excluding hydrogens is 585 g/mol. The third-order valence-electron chi connectivity index (χ3n) is 6.41. The number of nitrogens with one attached hydrogen (secondary N) is 1. The van der Waals surface area contributed by atoms with Crippen molar-refractivity contribution in [2.45, 2.75) is 57.6 Å². The lowest BCUT2D eigenvalue weighted by Crippen LogP contribution is -2.52. The van der Waals surface area contributed by atoms with Crippen LogP contribution in [0.1, 0.15) is 38.3 Å². The van der Waals surface area contributed by atoms with E-state index >= 15 is 0 Å². The Hall–Kier alpha value is -3.24. The number of sulfonamides is 1. The summed E-state index contributed by atoms with van der Waals surface area (Å²) in [6.45, 7) is 6.84. The summed E-state index contributed by atoms with van der Waals surface area (Å²) in [6.07, 6.45) is 0.717. The zero-order valence-electron chi connectivity index (χ0n) is 22.4. The van der Waals surface area contributed by atoms with Gasteiger partial charge in [0.2, 0.25) is 11.8 Å². The summed E-state index contributed by atoms with van der Waals surface area (Å²) in [5, 5.41) is 2.90. The predicted molar refractivity (Wildman–Crippen MR) is 154 cm³/mol. The number of carbonyl (C=O) groups excluding carboxylic acids is 2. The molecule has 1 N–H and O–H groups in total. The number of halogens is 2. The molecule has 208 valence electrons. The van der Waals surface area contributed by atoms with Gasteiger partial charge in [0, 0.05) is 17.1 Å². The lowest BCUT2D eigenvalue weighted by atomic mass is 10.1. The van der Waals surface area contributed by atoms with Crippen LogP contribution in [0.5, 0.6) is 0 Å². The smallest absolute Gasteiger partial charge is 0.264 e. The molecule has 0 saturated carbocycles. The van der Waals surface area contributed by atoms with E-state index in [1.54, 1.807) is 31.2 Å². The van der Waals surface area contributed by atoms with Crippen molar-refractivity contribution in [3.8, 4) is 0 Å². The molecule has 0 spiro atoms. The number of nitrogens with zero attached hydrogens (tertiary/aromatic N) is 2. The topological polar surface area (TPSA) is 86.8 Å². The summed E-state index contributed by atoms with van der Waals surface area (Å²) < 4.78 is 42.8. The highest BCUT2D eigenvalue weighted by Crippen LogP contribution is 2.25. The van der Waals surface area contributed by atoms with Crippen molar-refractivity contribution in [3.05, 3.63) is 94.2 Å². The minimum atomic E-state index is -4.25. The number of rotatable bonds is 11. The fourth-order valence-electron chi connectivity index (χ4n) is 3.85. The summed E-state index contributed by atoms with van der Waals surface area (Å²) in [5.41, 5.74) is 1.96. The van der Waals surface area contributed by atoms with E-state index in [2.05, 4.69) is 21.2 Å². The molecule has 0 aromatic heterocycles. The number of amides is 2. The maximum absolute atomic E-state index is 13.9. The lowest BCUT2D eigenvalue weighted by molar-refractivity contribution is -0.139. The highest BCUT2D eigenvalue weighted by Gasteiger charge is 2.32. The highest BCUT2D eigenvalue weighted by atomic mass is 79.9. The van der Waals surface area contributed by atoms with E-state index in [4.69, 9.17) is 0 Å². The van der Waals surface area contributed by atoms with Crippen molar-refractivity contribution in [3.63, 3.8) is 0 Å². The third kappa shape index (κ3) is 7.89. The van der Waals surface area contributed by atoms with Crippen LogP contribution in [0.2, 0.25) is 0 Å². The first kappa shape index (κ1) is 30.3. The van der Waals surface area contributed by atoms with Gasteiger partial charge < -0.3 is 10.2 Å². The lowest BCUT2D eigenvalue weighted by Gasteiger charge is -2.32. The molecule has 2 amide bonds. The second kappa shape index (κ2) is 13.2. The minimum absolute atomic E-state index is 0.0890. The standard InChI is InChI=1S/C29H33BrFN3O4S/c1-5-21(3)32-29(36)22(4)33(18-23-7-6-8-24(30)17-23)28(35)19-34(26-13-9-20(2)10-14-26)39(37,38)27-15-11-25(31)12-16-27/h6-17,21-22H,5,18-19H2,1-4H3,(H,32,36)/t21-,22+/m0/s1. The van der Waals surface area contributed by atoms with Crippen molar-refractivity contribution >= 4 is 43.5 Å². The highest BCUT2D eigenvalue weighted by molar-refractivity contribution is 9.10. The van der Waals surface area contributed by atoms with E-state index in [9.17, 15) is 22.4 Å². The molecule has 0 aliphatic carbocycles. The molecular formula is C29H33BrFN3O4S. The summed E-state index contributed by atoms with van der Waals surface area (Å²) >= 11 is 3.43. The van der Waals surface area contributed by atoms with Crippen molar-refractivity contribution in [1.29, 1.82) is 0 Å². The van der Waals surface area contributed by atoms with Gasteiger partial charge in [0.05, 0.1) is 10.6 Å². The van der Waals surface area contributed by atoms with Crippen LogP contribution >= 0.6 is 15.9 Å². The molecule has 0 bridgehead atoms. The van der Waals surface area contributed by atoms with Gasteiger partial charge in [-0.2, -0.15) is 0 Å². The molecule has 0 unspecified atom stereocenters. The van der Waals surface area contributed by atoms with Gasteiger partial charge in [0.1, 0.15) is 18.4 Å². The van der Waals surface area contributed by atoms with Crippen molar-refractivity contribution in [1.82, 2.24) is 10.2 Å². The molecule has 3 aromatic carbocycles. The summed E-state index contributed by atoms with van der Waals surface area (Å²) in [7, 11) is -4.25. The largest absolute Gasteiger partial charge is 0.352 e. The Kier molecular flexibility index (Phi) is 10.3. The van der Waals surface area contributed by atoms with Crippen LogP contribution in [-0.4, -0.2) is 43.8 Å². The van der Waals surface area contributed by atoms with Crippen molar-refractivity contribution in [2.24, 2.45) is 0 Å². The molecule has 0 aliphatic rings. The maximum Gasteiger partial charge on any atom is 0.264 e. The molecule has 2 atom stereocenters. The van der Waals surface area contributed by atoms with E-state index in [1.807, 2.05) is 45.0 Å². The quantitative estimate of drug-likeness (QED) is 0.311. The number of benzene rings is 3. The second-order valence-corrected chi connectivity index (χ2v) is 12.2. The molecule has 39 heavy (non-hydrogen) atoms. The molecule has 3 aromatic rings. The average molecular weight is 619 g/mol. The van der Waals surface area contributed by atoms with Gasteiger partial charge in [0.25, 0.3) is 10.0 Å². The molecule has 0 radical (unpaired) electrons. The zero-order valence-corrected chi connectivity index (χ0v) is 24.8. The van der Waals surface area contributed by atoms with Gasteiger partial charge in [-0.15, -0.1) is 0 Å². The van der Waals surface area contributed by atoms with Crippen molar-refractivity contribution < 1.29 is 22.4 Å². The van der Waals surface area contributed by atoms with E-state index in [0.717, 1.165) is 50.6 Å². The Morgan fingerprint density at radius 3 is 2.23 bits per heavy atom. The molecule has 0 fully saturated rings. The van der Waals surface area contributed by atoms with Gasteiger partial charge in [0.15, 0.2) is 0 Å². The molecule has 0 aliphatic heterocycles. The van der Waals surface area contributed by atoms with E-state index in [-0.39, 0.29) is 29.1 Å². The van der Waals surface area contributed by atoms with Gasteiger partial charge >= 0.3 is 0 Å². The van der Waals surface area contributed by atoms with Crippen LogP contribution in [0.25, 0.3) is 0 Å². The molecule has 0 heterocycles. The second-order valence-electron chi connectivity index (χ2n) is 9.45. The molecule has 10 heteroatoms. The third-order valence-corrected chi connectivity index (χ3v) is 8.69. The molecule has 7 nitrogen and oxygen atoms in total. The van der Waals surface area contributed by atoms with E-state index in [1.165, 1.54) is 4.90 Å². The predicted octanol–water partition coefficient (Wildman–Crippen LogP) is 5.42. The van der Waals surface area contributed by atoms with Crippen LogP contribution in [-0.2, 0) is 26.2 Å². The first-order chi connectivity index (χ1) is 18.4. The first-order valence-corrected chi connectivity index (χ1v) is 14.8. The number of aryl methyl sites for hydroxylation is 1. The normalized spacial score (nSPS) is 12.9. The number of anilines is 1. The Morgan fingerprint density at radius 2 is 1.64 bits per heavy atom. The zero-order chi connectivity index (χ0) is 28.7. The summed E-state index contributed by atoms with van der Waals surface area (Å²) in [4.78, 5) is 28.2. The van der Waals surface area contributed by atoms with Crippen molar-refractivity contribution in [2.75, 3.05) is 10.8 Å². The SMILES string of the molecule is CC[C@H](C)NC(=O)[C@@H](C)N(Cc1cccc(Br)c1)C(=O)CN(c1ccc(C)cc1)S(=O)(=O)c1ccc(F)cc1. The van der Waals surface area contributed by atoms with Crippen LogP contribution in [0.3, 0.4) is 0 Å². The average Bonchev–Trinajstić information content (AvgIpc) is 2.90. The van der Waals surface area contributed by atoms with Crippen LogP contribution in [0.4, 0.5) is 10.1 Å². The fourth-order valence-corrected chi connectivity index (χ4v) is 5.71. The Bertz CT molecular complexity index is 1400.